The smallest absolute Gasteiger partial charge is 0.302 e. The Kier molecular flexibility index (Phi) is 14.5. The molecule has 0 bridgehead atoms. The van der Waals surface area contributed by atoms with E-state index in [2.05, 4.69) is 20.8 Å². The average Bonchev–Trinajstić information content (AvgIpc) is 2.99. The molecule has 0 saturated heterocycles. The second kappa shape index (κ2) is 17.7. The van der Waals surface area contributed by atoms with Crippen molar-refractivity contribution in [2.24, 2.45) is 41.4 Å². The predicted molar refractivity (Wildman–Crippen MR) is 170 cm³/mol. The Morgan fingerprint density at radius 2 is 1.29 bits per heavy atom. The van der Waals surface area contributed by atoms with Crippen molar-refractivity contribution in [3.05, 3.63) is 0 Å². The molecule has 0 aliphatic heterocycles. The van der Waals surface area contributed by atoms with Crippen LogP contribution in [0, 0.1) is 41.4 Å². The van der Waals surface area contributed by atoms with Gasteiger partial charge in [-0.3, -0.25) is 4.79 Å². The fourth-order valence-corrected chi connectivity index (χ4v) is 9.45. The van der Waals surface area contributed by atoms with E-state index in [1.165, 1.54) is 110 Å². The molecule has 42 heavy (non-hydrogen) atoms. The van der Waals surface area contributed by atoms with E-state index in [1.807, 2.05) is 0 Å². The highest BCUT2D eigenvalue weighted by Gasteiger charge is 2.36. The van der Waals surface area contributed by atoms with Crippen molar-refractivity contribution in [1.29, 1.82) is 0 Å². The molecule has 0 radical (unpaired) electrons. The first-order valence-electron chi connectivity index (χ1n) is 18.4. The first kappa shape index (κ1) is 34.2. The summed E-state index contributed by atoms with van der Waals surface area (Å²) in [5.74, 6) is 5.24. The summed E-state index contributed by atoms with van der Waals surface area (Å²) in [6.45, 7) is 9.45. The first-order valence-corrected chi connectivity index (χ1v) is 18.4. The third-order valence-electron chi connectivity index (χ3n) is 12.1. The molecule has 4 fully saturated rings. The van der Waals surface area contributed by atoms with Gasteiger partial charge in [0.15, 0.2) is 6.29 Å². The summed E-state index contributed by atoms with van der Waals surface area (Å²) in [6.07, 6.45) is 24.9. The van der Waals surface area contributed by atoms with E-state index in [4.69, 9.17) is 14.2 Å². The van der Waals surface area contributed by atoms with Crippen molar-refractivity contribution in [2.75, 3.05) is 6.61 Å². The van der Waals surface area contributed by atoms with Gasteiger partial charge in [0, 0.05) is 6.92 Å². The number of aliphatic hydroxyl groups excluding tert-OH is 1. The van der Waals surface area contributed by atoms with Crippen LogP contribution in [0.1, 0.15) is 156 Å². The second-order valence-corrected chi connectivity index (χ2v) is 15.2. The van der Waals surface area contributed by atoms with E-state index in [0.717, 1.165) is 73.7 Å². The largest absolute Gasteiger partial charge is 0.463 e. The molecule has 244 valence electrons. The molecule has 4 rings (SSSR count). The molecule has 0 aromatic carbocycles. The average molecular weight is 591 g/mol. The molecular weight excluding hydrogens is 524 g/mol. The van der Waals surface area contributed by atoms with Crippen molar-refractivity contribution < 1.29 is 24.1 Å². The van der Waals surface area contributed by atoms with Crippen molar-refractivity contribution in [1.82, 2.24) is 0 Å². The molecule has 1 N–H and O–H groups in total. The molecular formula is C37H66O5. The first-order chi connectivity index (χ1) is 20.3. The van der Waals surface area contributed by atoms with Crippen LogP contribution in [0.5, 0.6) is 0 Å². The number of hydrogen-bond donors (Lipinski definition) is 1. The van der Waals surface area contributed by atoms with Crippen molar-refractivity contribution in [2.45, 2.75) is 181 Å². The summed E-state index contributed by atoms with van der Waals surface area (Å²) >= 11 is 0. The van der Waals surface area contributed by atoms with E-state index in [0.29, 0.717) is 6.10 Å². The van der Waals surface area contributed by atoms with Gasteiger partial charge in [0.1, 0.15) is 6.10 Å². The van der Waals surface area contributed by atoms with Crippen LogP contribution < -0.4 is 0 Å². The van der Waals surface area contributed by atoms with E-state index >= 15 is 0 Å². The Bertz CT molecular complexity index is 741. The normalized spacial score (nSPS) is 34.3. The standard InChI is InChI=1S/C37H66O5/c1-5-30(32-15-21-37(22-16-32)42-28(4)40-25-29-9-7-6-8-10-29)24-34(33-11-17-35(39)18-12-33)23-26(2)31-13-19-36(20-14-31)41-27(3)38/h26,28-37,39H,5-25H2,1-4H3. The van der Waals surface area contributed by atoms with Gasteiger partial charge in [-0.1, -0.05) is 39.5 Å². The zero-order chi connectivity index (χ0) is 29.9. The van der Waals surface area contributed by atoms with Crippen LogP contribution in [-0.2, 0) is 19.0 Å². The highest BCUT2D eigenvalue weighted by atomic mass is 16.7. The highest BCUT2D eigenvalue weighted by Crippen LogP contribution is 2.44. The summed E-state index contributed by atoms with van der Waals surface area (Å²) in [7, 11) is 0. The Morgan fingerprint density at radius 3 is 1.90 bits per heavy atom. The summed E-state index contributed by atoms with van der Waals surface area (Å²) in [5, 5.41) is 10.2. The van der Waals surface area contributed by atoms with Crippen LogP contribution in [0.4, 0.5) is 0 Å². The van der Waals surface area contributed by atoms with Crippen LogP contribution in [-0.4, -0.2) is 42.3 Å². The molecule has 4 atom stereocenters. The molecule has 0 amide bonds. The van der Waals surface area contributed by atoms with Crippen LogP contribution in [0.3, 0.4) is 0 Å². The molecule has 5 heteroatoms. The van der Waals surface area contributed by atoms with E-state index < -0.39 is 0 Å². The van der Waals surface area contributed by atoms with Crippen LogP contribution in [0.2, 0.25) is 0 Å². The number of hydrogen-bond acceptors (Lipinski definition) is 5. The quantitative estimate of drug-likeness (QED) is 0.161. The Morgan fingerprint density at radius 1 is 0.714 bits per heavy atom. The highest BCUT2D eigenvalue weighted by molar-refractivity contribution is 5.66. The lowest BCUT2D eigenvalue weighted by atomic mass is 9.66. The third-order valence-corrected chi connectivity index (χ3v) is 12.1. The van der Waals surface area contributed by atoms with E-state index in [1.54, 1.807) is 0 Å². The molecule has 4 aliphatic carbocycles. The van der Waals surface area contributed by atoms with Crippen LogP contribution in [0.25, 0.3) is 0 Å². The molecule has 4 unspecified atom stereocenters. The minimum atomic E-state index is -0.130. The third kappa shape index (κ3) is 11.1. The Balaban J connectivity index is 1.25. The molecule has 4 aliphatic rings. The molecule has 0 spiro atoms. The second-order valence-electron chi connectivity index (χ2n) is 15.2. The van der Waals surface area contributed by atoms with Gasteiger partial charge in [-0.2, -0.15) is 0 Å². The lowest BCUT2D eigenvalue weighted by Gasteiger charge is -2.41. The SMILES string of the molecule is CCC(CC(CC(C)C1CCC(OC(C)=O)CC1)C1CCC(O)CC1)C1CCC(OC(C)OCC2CCCCC2)CC1. The van der Waals surface area contributed by atoms with Gasteiger partial charge in [0.2, 0.25) is 0 Å². The number of carbonyl (C=O) groups excluding carboxylic acids is 1. The minimum Gasteiger partial charge on any atom is -0.463 e. The maximum atomic E-state index is 11.4. The number of ether oxygens (including phenoxy) is 3. The summed E-state index contributed by atoms with van der Waals surface area (Å²) < 4.78 is 18.1. The minimum absolute atomic E-state index is 0.0768. The van der Waals surface area contributed by atoms with Gasteiger partial charge >= 0.3 is 5.97 Å². The zero-order valence-corrected chi connectivity index (χ0v) is 27.8. The lowest BCUT2D eigenvalue weighted by molar-refractivity contribution is -0.176. The molecule has 4 saturated carbocycles. The van der Waals surface area contributed by atoms with Crippen LogP contribution >= 0.6 is 0 Å². The van der Waals surface area contributed by atoms with E-state index in [9.17, 15) is 9.90 Å². The summed E-state index contributed by atoms with van der Waals surface area (Å²) in [4.78, 5) is 11.4. The molecule has 0 heterocycles. The van der Waals surface area contributed by atoms with Crippen LogP contribution in [0.15, 0.2) is 0 Å². The summed E-state index contributed by atoms with van der Waals surface area (Å²) in [6, 6.07) is 0. The number of esters is 1. The number of rotatable bonds is 14. The topological polar surface area (TPSA) is 65.0 Å². The van der Waals surface area contributed by atoms with E-state index in [-0.39, 0.29) is 24.5 Å². The van der Waals surface area contributed by atoms with Crippen molar-refractivity contribution >= 4 is 5.97 Å². The monoisotopic (exact) mass is 590 g/mol. The maximum Gasteiger partial charge on any atom is 0.302 e. The molecule has 0 aromatic heterocycles. The van der Waals surface area contributed by atoms with Gasteiger partial charge < -0.3 is 19.3 Å². The van der Waals surface area contributed by atoms with Gasteiger partial charge in [0.25, 0.3) is 0 Å². The molecule has 0 aromatic rings. The maximum absolute atomic E-state index is 11.4. The number of aliphatic hydroxyl groups is 1. The Hall–Kier alpha value is -0.650. The van der Waals surface area contributed by atoms with Gasteiger partial charge in [-0.25, -0.2) is 0 Å². The summed E-state index contributed by atoms with van der Waals surface area (Å²) in [5.41, 5.74) is 0. The molecule has 5 nitrogen and oxygen atoms in total. The Labute approximate surface area is 258 Å². The number of carbonyl (C=O) groups is 1. The van der Waals surface area contributed by atoms with Crippen molar-refractivity contribution in [3.8, 4) is 0 Å². The lowest BCUT2D eigenvalue weighted by Crippen LogP contribution is -2.33. The van der Waals surface area contributed by atoms with Gasteiger partial charge in [-0.15, -0.1) is 0 Å². The van der Waals surface area contributed by atoms with Gasteiger partial charge in [-0.05, 0) is 151 Å². The van der Waals surface area contributed by atoms with Crippen molar-refractivity contribution in [3.63, 3.8) is 0 Å². The van der Waals surface area contributed by atoms with Gasteiger partial charge in [0.05, 0.1) is 18.8 Å². The fourth-order valence-electron chi connectivity index (χ4n) is 9.45. The fraction of sp³-hybridized carbons (Fsp3) is 0.973. The predicted octanol–water partition coefficient (Wildman–Crippen LogP) is 9.24. The zero-order valence-electron chi connectivity index (χ0n) is 27.8.